The molecule has 0 aliphatic heterocycles. The highest BCUT2D eigenvalue weighted by Gasteiger charge is 2.13. The minimum Gasteiger partial charge on any atom is -0.335 e. The molecule has 2 rings (SSSR count). The van der Waals surface area contributed by atoms with Crippen LogP contribution in [-0.2, 0) is 19.3 Å². The van der Waals surface area contributed by atoms with Crippen molar-refractivity contribution in [1.29, 1.82) is 0 Å². The van der Waals surface area contributed by atoms with Crippen LogP contribution in [0, 0.1) is 0 Å². The number of amides is 2. The molecule has 0 fully saturated rings. The van der Waals surface area contributed by atoms with E-state index in [1.54, 1.807) is 36.4 Å². The molecule has 0 radical (unpaired) electrons. The molecule has 0 aliphatic carbocycles. The predicted molar refractivity (Wildman–Crippen MR) is 89.2 cm³/mol. The molecule has 0 heterocycles. The molecule has 0 aromatic heterocycles. The molecule has 0 spiro atoms. The first-order valence-corrected chi connectivity index (χ1v) is 7.66. The van der Waals surface area contributed by atoms with Crippen molar-refractivity contribution in [3.63, 3.8) is 0 Å². The molecule has 134 valence electrons. The largest absolute Gasteiger partial charge is 0.362 e. The van der Waals surface area contributed by atoms with Crippen molar-refractivity contribution in [2.24, 2.45) is 0 Å². The Balaban J connectivity index is 1.65. The van der Waals surface area contributed by atoms with Crippen molar-refractivity contribution >= 4 is 23.8 Å². The van der Waals surface area contributed by atoms with E-state index >= 15 is 0 Å². The van der Waals surface area contributed by atoms with Gasteiger partial charge in [-0.2, -0.15) is 11.0 Å². The van der Waals surface area contributed by atoms with Crippen molar-refractivity contribution in [3.05, 3.63) is 71.8 Å². The van der Waals surface area contributed by atoms with Gasteiger partial charge >= 0.3 is 11.9 Å². The number of nitrogens with one attached hydrogen (secondary N) is 2. The van der Waals surface area contributed by atoms with Gasteiger partial charge in [0.05, 0.1) is 11.1 Å². The van der Waals surface area contributed by atoms with Crippen LogP contribution < -0.4 is 11.0 Å². The van der Waals surface area contributed by atoms with Crippen LogP contribution in [0.4, 0.5) is 0 Å². The lowest BCUT2D eigenvalue weighted by Gasteiger charge is -2.07. The summed E-state index contributed by atoms with van der Waals surface area (Å²) in [6, 6.07) is 16.2. The van der Waals surface area contributed by atoms with Crippen LogP contribution in [0.5, 0.6) is 0 Å². The SMILES string of the molecule is O=C(CCC(=O)NOC(=O)c1ccccc1)NOC(=O)c1ccccc1. The summed E-state index contributed by atoms with van der Waals surface area (Å²) in [7, 11) is 0. The molecule has 0 atom stereocenters. The molecule has 2 aromatic carbocycles. The molecule has 2 N–H and O–H groups in total. The van der Waals surface area contributed by atoms with Crippen LogP contribution in [0.2, 0.25) is 0 Å². The first-order chi connectivity index (χ1) is 12.6. The first-order valence-electron chi connectivity index (χ1n) is 7.66. The van der Waals surface area contributed by atoms with Crippen LogP contribution in [0.15, 0.2) is 60.7 Å². The lowest BCUT2D eigenvalue weighted by molar-refractivity contribution is -0.135. The maximum atomic E-state index is 11.6. The van der Waals surface area contributed by atoms with E-state index in [0.717, 1.165) is 0 Å². The number of rotatable bonds is 5. The van der Waals surface area contributed by atoms with E-state index in [1.165, 1.54) is 24.3 Å². The third-order valence-corrected chi connectivity index (χ3v) is 3.11. The normalized spacial score (nSPS) is 9.69. The molecule has 0 saturated heterocycles. The highest BCUT2D eigenvalue weighted by atomic mass is 16.7. The quantitative estimate of drug-likeness (QED) is 0.786. The summed E-state index contributed by atoms with van der Waals surface area (Å²) in [5.41, 5.74) is 4.45. The molecule has 0 bridgehead atoms. The second-order valence-corrected chi connectivity index (χ2v) is 5.06. The Morgan fingerprint density at radius 2 is 0.962 bits per heavy atom. The van der Waals surface area contributed by atoms with E-state index in [9.17, 15) is 19.2 Å². The zero-order valence-electron chi connectivity index (χ0n) is 13.6. The molecule has 0 unspecified atom stereocenters. The fourth-order valence-electron chi connectivity index (χ4n) is 1.80. The van der Waals surface area contributed by atoms with E-state index in [0.29, 0.717) is 0 Å². The Morgan fingerprint density at radius 3 is 1.31 bits per heavy atom. The third kappa shape index (κ3) is 6.08. The first kappa shape index (κ1) is 18.7. The Kier molecular flexibility index (Phi) is 6.87. The van der Waals surface area contributed by atoms with Gasteiger partial charge in [-0.05, 0) is 24.3 Å². The topological polar surface area (TPSA) is 111 Å². The van der Waals surface area contributed by atoms with Crippen molar-refractivity contribution in [1.82, 2.24) is 11.0 Å². The predicted octanol–water partition coefficient (Wildman–Crippen LogP) is 1.54. The van der Waals surface area contributed by atoms with Gasteiger partial charge in [-0.25, -0.2) is 9.59 Å². The molecular formula is C18H16N2O6. The van der Waals surface area contributed by atoms with Crippen LogP contribution in [0.1, 0.15) is 33.6 Å². The zero-order chi connectivity index (χ0) is 18.8. The molecule has 0 saturated carbocycles. The van der Waals surface area contributed by atoms with Crippen LogP contribution in [0.25, 0.3) is 0 Å². The fraction of sp³-hybridized carbons (Fsp3) is 0.111. The lowest BCUT2D eigenvalue weighted by Crippen LogP contribution is -2.30. The maximum absolute atomic E-state index is 11.6. The molecule has 2 amide bonds. The molecule has 0 aliphatic rings. The Labute approximate surface area is 149 Å². The lowest BCUT2D eigenvalue weighted by atomic mass is 10.2. The number of carbonyl (C=O) groups is 4. The average Bonchev–Trinajstić information content (AvgIpc) is 2.69. The van der Waals surface area contributed by atoms with E-state index < -0.39 is 23.8 Å². The monoisotopic (exact) mass is 356 g/mol. The summed E-state index contributed by atoms with van der Waals surface area (Å²) in [6.45, 7) is 0. The standard InChI is InChI=1S/C18H16N2O6/c21-15(19-25-17(23)13-7-3-1-4-8-13)11-12-16(22)20-26-18(24)14-9-5-2-6-10-14/h1-10H,11-12H2,(H,19,21)(H,20,22). The van der Waals surface area contributed by atoms with Gasteiger partial charge in [-0.3, -0.25) is 9.59 Å². The minimum absolute atomic E-state index is 0.253. The van der Waals surface area contributed by atoms with Gasteiger partial charge in [-0.1, -0.05) is 36.4 Å². The summed E-state index contributed by atoms with van der Waals surface area (Å²) in [5.74, 6) is -2.78. The van der Waals surface area contributed by atoms with Gasteiger partial charge in [0.25, 0.3) is 11.8 Å². The molecule has 2 aromatic rings. The number of benzene rings is 2. The van der Waals surface area contributed by atoms with E-state index in [4.69, 9.17) is 0 Å². The second kappa shape index (κ2) is 9.58. The van der Waals surface area contributed by atoms with Gasteiger partial charge in [0.15, 0.2) is 0 Å². The Bertz CT molecular complexity index is 709. The number of hydrogen-bond donors (Lipinski definition) is 2. The van der Waals surface area contributed by atoms with Crippen molar-refractivity contribution in [2.75, 3.05) is 0 Å². The van der Waals surface area contributed by atoms with Gasteiger partial charge in [0.2, 0.25) is 0 Å². The summed E-state index contributed by atoms with van der Waals surface area (Å²) >= 11 is 0. The Morgan fingerprint density at radius 1 is 0.615 bits per heavy atom. The maximum Gasteiger partial charge on any atom is 0.362 e. The van der Waals surface area contributed by atoms with Gasteiger partial charge < -0.3 is 9.68 Å². The summed E-state index contributed by atoms with van der Waals surface area (Å²) in [4.78, 5) is 55.6. The highest BCUT2D eigenvalue weighted by Crippen LogP contribution is 2.01. The van der Waals surface area contributed by atoms with E-state index in [2.05, 4.69) is 9.68 Å². The third-order valence-electron chi connectivity index (χ3n) is 3.11. The highest BCUT2D eigenvalue weighted by molar-refractivity contribution is 5.91. The Hall–Kier alpha value is -3.68. The van der Waals surface area contributed by atoms with E-state index in [1.807, 2.05) is 11.0 Å². The number of hydrogen-bond acceptors (Lipinski definition) is 6. The summed E-state index contributed by atoms with van der Waals surface area (Å²) in [5, 5.41) is 0. The van der Waals surface area contributed by atoms with Crippen molar-refractivity contribution < 1.29 is 28.9 Å². The minimum atomic E-state index is -0.722. The van der Waals surface area contributed by atoms with Crippen molar-refractivity contribution in [3.8, 4) is 0 Å². The smallest absolute Gasteiger partial charge is 0.335 e. The van der Waals surface area contributed by atoms with Crippen LogP contribution >= 0.6 is 0 Å². The summed E-state index contributed by atoms with van der Waals surface area (Å²) < 4.78 is 0. The molecule has 8 nitrogen and oxygen atoms in total. The van der Waals surface area contributed by atoms with Gasteiger partial charge in [0, 0.05) is 12.8 Å². The van der Waals surface area contributed by atoms with Crippen LogP contribution in [-0.4, -0.2) is 23.8 Å². The average molecular weight is 356 g/mol. The number of hydroxylamine groups is 2. The second-order valence-electron chi connectivity index (χ2n) is 5.06. The number of carbonyl (C=O) groups excluding carboxylic acids is 4. The molecule has 26 heavy (non-hydrogen) atoms. The fourth-order valence-corrected chi connectivity index (χ4v) is 1.80. The molecular weight excluding hydrogens is 340 g/mol. The summed E-state index contributed by atoms with van der Waals surface area (Å²) in [6.07, 6.45) is -0.506. The van der Waals surface area contributed by atoms with Gasteiger partial charge in [-0.15, -0.1) is 0 Å². The van der Waals surface area contributed by atoms with Crippen LogP contribution in [0.3, 0.4) is 0 Å². The van der Waals surface area contributed by atoms with Crippen molar-refractivity contribution in [2.45, 2.75) is 12.8 Å². The molecule has 8 heteroatoms. The van der Waals surface area contributed by atoms with Gasteiger partial charge in [0.1, 0.15) is 0 Å². The van der Waals surface area contributed by atoms with E-state index in [-0.39, 0.29) is 24.0 Å². The zero-order valence-corrected chi connectivity index (χ0v) is 13.6.